The van der Waals surface area contributed by atoms with Gasteiger partial charge in [-0.25, -0.2) is 4.79 Å². The molecule has 0 radical (unpaired) electrons. The van der Waals surface area contributed by atoms with Gasteiger partial charge < -0.3 is 33.9 Å². The highest BCUT2D eigenvalue weighted by molar-refractivity contribution is 5.89. The van der Waals surface area contributed by atoms with Crippen LogP contribution in [0.1, 0.15) is 65.2 Å². The largest absolute Gasteiger partial charge is 0.459 e. The summed E-state index contributed by atoms with van der Waals surface area (Å²) < 4.78 is 29.4. The summed E-state index contributed by atoms with van der Waals surface area (Å²) in [6, 6.07) is 7.77. The van der Waals surface area contributed by atoms with Gasteiger partial charge in [0, 0.05) is 20.8 Å². The number of rotatable bonds is 6. The van der Waals surface area contributed by atoms with E-state index in [1.54, 1.807) is 32.0 Å². The van der Waals surface area contributed by atoms with E-state index >= 15 is 0 Å². The number of ketones is 1. The second-order valence-electron chi connectivity index (χ2n) is 11.8. The Morgan fingerprint density at radius 1 is 0.780 bits per heavy atom. The minimum absolute atomic E-state index is 0.0797. The molecule has 1 spiro atoms. The SMILES string of the molecule is CC(=O)O[C@@H]1[C@@H]2[C@@H](OC(C)=O)[C@@]3(OC2(C)C)[C@](O)([C@@H]1OC(=O)c1ccccc1)[C@@H](OC(C)=O)[C@@H](C(C)=O)C[C@]3(C)O. The first-order chi connectivity index (χ1) is 18.9. The molecular weight excluding hydrogens is 540 g/mol. The molecular formula is C29H36O12. The van der Waals surface area contributed by atoms with E-state index in [4.69, 9.17) is 23.7 Å². The lowest BCUT2D eigenvalue weighted by Crippen LogP contribution is -2.87. The van der Waals surface area contributed by atoms with E-state index in [0.717, 1.165) is 20.8 Å². The lowest BCUT2D eigenvalue weighted by Gasteiger charge is -2.64. The molecule has 0 amide bonds. The zero-order valence-electron chi connectivity index (χ0n) is 24.0. The summed E-state index contributed by atoms with van der Waals surface area (Å²) in [4.78, 5) is 63.8. The molecule has 2 aliphatic carbocycles. The number of carbonyl (C=O) groups excluding carboxylic acids is 5. The molecule has 3 aliphatic rings. The maximum atomic E-state index is 13.5. The van der Waals surface area contributed by atoms with Crippen LogP contribution in [0.3, 0.4) is 0 Å². The van der Waals surface area contributed by atoms with Crippen LogP contribution < -0.4 is 0 Å². The quantitative estimate of drug-likeness (QED) is 0.368. The highest BCUT2D eigenvalue weighted by Crippen LogP contribution is 2.66. The predicted molar refractivity (Wildman–Crippen MR) is 138 cm³/mol. The van der Waals surface area contributed by atoms with Crippen molar-refractivity contribution in [1.82, 2.24) is 0 Å². The molecule has 224 valence electrons. The minimum atomic E-state index is -2.79. The first kappa shape index (κ1) is 30.6. The third-order valence-electron chi connectivity index (χ3n) is 8.50. The van der Waals surface area contributed by atoms with Crippen LogP contribution >= 0.6 is 0 Å². The van der Waals surface area contributed by atoms with Gasteiger partial charge in [0.1, 0.15) is 18.0 Å². The Hall–Kier alpha value is -3.35. The maximum Gasteiger partial charge on any atom is 0.338 e. The van der Waals surface area contributed by atoms with E-state index in [1.165, 1.54) is 26.0 Å². The van der Waals surface area contributed by atoms with Crippen molar-refractivity contribution in [2.45, 2.75) is 102 Å². The van der Waals surface area contributed by atoms with Crippen LogP contribution in [0.4, 0.5) is 0 Å². The van der Waals surface area contributed by atoms with Crippen LogP contribution in [0, 0.1) is 11.8 Å². The smallest absolute Gasteiger partial charge is 0.338 e. The van der Waals surface area contributed by atoms with E-state index < -0.39 is 88.3 Å². The molecule has 4 rings (SSSR count). The second kappa shape index (κ2) is 10.2. The van der Waals surface area contributed by atoms with Crippen molar-refractivity contribution in [2.24, 2.45) is 11.8 Å². The van der Waals surface area contributed by atoms with Crippen molar-refractivity contribution in [3.63, 3.8) is 0 Å². The zero-order chi connectivity index (χ0) is 30.7. The van der Waals surface area contributed by atoms with E-state index in [9.17, 15) is 34.2 Å². The van der Waals surface area contributed by atoms with Crippen molar-refractivity contribution >= 4 is 29.7 Å². The number of Topliss-reactive ketones (excluding diaryl/α,β-unsaturated/α-hetero) is 1. The molecule has 3 fully saturated rings. The van der Waals surface area contributed by atoms with Crippen LogP contribution in [0.15, 0.2) is 30.3 Å². The van der Waals surface area contributed by atoms with Gasteiger partial charge >= 0.3 is 23.9 Å². The van der Waals surface area contributed by atoms with Gasteiger partial charge in [-0.15, -0.1) is 0 Å². The number of aliphatic hydroxyl groups is 2. The van der Waals surface area contributed by atoms with E-state index in [0.29, 0.717) is 0 Å². The Morgan fingerprint density at radius 2 is 1.32 bits per heavy atom. The Morgan fingerprint density at radius 3 is 1.83 bits per heavy atom. The van der Waals surface area contributed by atoms with Gasteiger partial charge in [0.05, 0.1) is 28.6 Å². The molecule has 2 bridgehead atoms. The summed E-state index contributed by atoms with van der Waals surface area (Å²) in [6.07, 6.45) is -7.06. The summed E-state index contributed by atoms with van der Waals surface area (Å²) in [7, 11) is 0. The molecule has 41 heavy (non-hydrogen) atoms. The summed E-state index contributed by atoms with van der Waals surface area (Å²) in [5, 5.41) is 25.1. The summed E-state index contributed by atoms with van der Waals surface area (Å²) in [5.74, 6) is -6.44. The fraction of sp³-hybridized carbons (Fsp3) is 0.621. The van der Waals surface area contributed by atoms with Crippen molar-refractivity contribution in [1.29, 1.82) is 0 Å². The second-order valence-corrected chi connectivity index (χ2v) is 11.8. The first-order valence-corrected chi connectivity index (χ1v) is 13.3. The van der Waals surface area contributed by atoms with E-state index in [2.05, 4.69) is 0 Å². The van der Waals surface area contributed by atoms with E-state index in [-0.39, 0.29) is 12.0 Å². The molecule has 0 unspecified atom stereocenters. The standard InChI is InChI=1S/C29H36O12/c1-14(30)19-13-27(7,35)29-23(39-17(4)33)20(26(5,6)41-29)21(37-15(2)31)24(28(29,36)22(19)38-16(3)32)40-25(34)18-11-9-8-10-12-18/h8-12,19-24,35-36H,13H2,1-7H3/t19-,20-,21-,22+,23-,24-,27+,28-,29+/m1/s1. The summed E-state index contributed by atoms with van der Waals surface area (Å²) in [5.41, 5.74) is -8.57. The Kier molecular flexibility index (Phi) is 7.60. The van der Waals surface area contributed by atoms with Crippen molar-refractivity contribution in [2.75, 3.05) is 0 Å². The van der Waals surface area contributed by atoms with Gasteiger partial charge in [-0.05, 0) is 46.2 Å². The number of carbonyl (C=O) groups is 5. The fourth-order valence-electron chi connectivity index (χ4n) is 7.18. The van der Waals surface area contributed by atoms with E-state index in [1.807, 2.05) is 0 Å². The predicted octanol–water partition coefficient (Wildman–Crippen LogP) is 1.28. The Balaban J connectivity index is 2.08. The van der Waals surface area contributed by atoms with Crippen LogP contribution in [-0.2, 0) is 42.9 Å². The summed E-state index contributed by atoms with van der Waals surface area (Å²) >= 11 is 0. The lowest BCUT2D eigenvalue weighted by atomic mass is 9.49. The molecule has 1 heterocycles. The molecule has 12 heteroatoms. The van der Waals surface area contributed by atoms with Gasteiger partial charge in [0.2, 0.25) is 0 Å². The lowest BCUT2D eigenvalue weighted by molar-refractivity contribution is -0.369. The minimum Gasteiger partial charge on any atom is -0.459 e. The van der Waals surface area contributed by atoms with Crippen LogP contribution in [0.5, 0.6) is 0 Å². The molecule has 1 aromatic carbocycles. The number of hydrogen-bond acceptors (Lipinski definition) is 12. The van der Waals surface area contributed by atoms with Gasteiger partial charge in [-0.3, -0.25) is 19.2 Å². The van der Waals surface area contributed by atoms with Crippen molar-refractivity contribution in [3.8, 4) is 0 Å². The average molecular weight is 577 g/mol. The summed E-state index contributed by atoms with van der Waals surface area (Å²) in [6.45, 7) is 8.93. The Labute approximate surface area is 237 Å². The van der Waals surface area contributed by atoms with Gasteiger partial charge in [0.25, 0.3) is 0 Å². The molecule has 12 nitrogen and oxygen atoms in total. The topological polar surface area (TPSA) is 172 Å². The molecule has 2 N–H and O–H groups in total. The number of hydrogen-bond donors (Lipinski definition) is 2. The van der Waals surface area contributed by atoms with Crippen molar-refractivity contribution < 1.29 is 57.9 Å². The van der Waals surface area contributed by atoms with Crippen LogP contribution in [0.25, 0.3) is 0 Å². The van der Waals surface area contributed by atoms with Crippen molar-refractivity contribution in [3.05, 3.63) is 35.9 Å². The molecule has 0 aromatic heterocycles. The molecule has 1 aliphatic heterocycles. The van der Waals surface area contributed by atoms with Gasteiger partial charge in [0.15, 0.2) is 23.4 Å². The molecule has 9 atom stereocenters. The normalized spacial score (nSPS) is 38.7. The van der Waals surface area contributed by atoms with Gasteiger partial charge in [-0.1, -0.05) is 18.2 Å². The number of fused-ring (bicyclic) bond motifs is 1. The zero-order valence-corrected chi connectivity index (χ0v) is 24.0. The molecule has 2 saturated carbocycles. The number of esters is 4. The monoisotopic (exact) mass is 576 g/mol. The fourth-order valence-corrected chi connectivity index (χ4v) is 7.18. The number of benzene rings is 1. The first-order valence-electron chi connectivity index (χ1n) is 13.3. The molecule has 1 saturated heterocycles. The average Bonchev–Trinajstić information content (AvgIpc) is 3.05. The third-order valence-corrected chi connectivity index (χ3v) is 8.50. The maximum absolute atomic E-state index is 13.5. The van der Waals surface area contributed by atoms with Crippen LogP contribution in [-0.4, -0.2) is 86.7 Å². The third kappa shape index (κ3) is 4.61. The molecule has 1 aromatic rings. The van der Waals surface area contributed by atoms with Crippen LogP contribution in [0.2, 0.25) is 0 Å². The van der Waals surface area contributed by atoms with Gasteiger partial charge in [-0.2, -0.15) is 0 Å². The number of ether oxygens (including phenoxy) is 5. The highest BCUT2D eigenvalue weighted by atomic mass is 16.7. The Bertz CT molecular complexity index is 1260. The highest BCUT2D eigenvalue weighted by Gasteiger charge is 2.88.